The van der Waals surface area contributed by atoms with Crippen LogP contribution < -0.4 is 4.74 Å². The summed E-state index contributed by atoms with van der Waals surface area (Å²) in [7, 11) is 0. The molecule has 76 valence electrons. The average Bonchev–Trinajstić information content (AvgIpc) is 2.07. The zero-order valence-electron chi connectivity index (χ0n) is 7.26. The topological polar surface area (TPSA) is 26.3 Å². The molecule has 0 aliphatic carbocycles. The van der Waals surface area contributed by atoms with Crippen LogP contribution >= 0.6 is 11.6 Å². The number of hydrogen-bond donors (Lipinski definition) is 0. The van der Waals surface area contributed by atoms with Crippen LogP contribution in [0.15, 0.2) is 18.2 Å². The third-order valence-electron chi connectivity index (χ3n) is 1.54. The second kappa shape index (κ2) is 4.37. The van der Waals surface area contributed by atoms with Crippen molar-refractivity contribution in [1.29, 1.82) is 0 Å². The van der Waals surface area contributed by atoms with Gasteiger partial charge < -0.3 is 4.74 Å². The van der Waals surface area contributed by atoms with E-state index >= 15 is 0 Å². The van der Waals surface area contributed by atoms with Gasteiger partial charge in [0.15, 0.2) is 5.78 Å². The third kappa shape index (κ3) is 2.67. The fourth-order valence-electron chi connectivity index (χ4n) is 0.950. The number of halogens is 3. The molecule has 0 amide bonds. The Morgan fingerprint density at radius 2 is 2.14 bits per heavy atom. The molecule has 0 unspecified atom stereocenters. The van der Waals surface area contributed by atoms with E-state index in [2.05, 4.69) is 4.74 Å². The molecule has 0 radical (unpaired) electrons. The zero-order chi connectivity index (χ0) is 10.7. The number of rotatable bonds is 3. The van der Waals surface area contributed by atoms with Crippen molar-refractivity contribution in [1.82, 2.24) is 0 Å². The van der Waals surface area contributed by atoms with E-state index in [1.165, 1.54) is 25.1 Å². The van der Waals surface area contributed by atoms with Crippen molar-refractivity contribution in [3.63, 3.8) is 0 Å². The fraction of sp³-hybridized carbons (Fsp3) is 0.222. The molecule has 0 saturated carbocycles. The average molecular weight is 221 g/mol. The summed E-state index contributed by atoms with van der Waals surface area (Å²) in [5, 5.41) is 0.221. The molecule has 0 fully saturated rings. The maximum absolute atomic E-state index is 11.8. The lowest BCUT2D eigenvalue weighted by atomic mass is 10.1. The molecule has 14 heavy (non-hydrogen) atoms. The Bertz CT molecular complexity index is 353. The summed E-state index contributed by atoms with van der Waals surface area (Å²) in [4.78, 5) is 11.0. The van der Waals surface area contributed by atoms with Crippen molar-refractivity contribution in [3.8, 4) is 5.75 Å². The van der Waals surface area contributed by atoms with E-state index < -0.39 is 6.61 Å². The second-order valence-corrected chi connectivity index (χ2v) is 2.98. The lowest BCUT2D eigenvalue weighted by Gasteiger charge is -2.06. The number of hydrogen-bond acceptors (Lipinski definition) is 2. The molecule has 0 bridgehead atoms. The first-order chi connectivity index (χ1) is 6.50. The van der Waals surface area contributed by atoms with Crippen LogP contribution in [0.5, 0.6) is 5.75 Å². The normalized spacial score (nSPS) is 10.4. The fourth-order valence-corrected chi connectivity index (χ4v) is 1.20. The molecular weight excluding hydrogens is 214 g/mol. The molecule has 0 spiro atoms. The van der Waals surface area contributed by atoms with Crippen molar-refractivity contribution in [3.05, 3.63) is 28.8 Å². The number of ketones is 1. The van der Waals surface area contributed by atoms with Gasteiger partial charge in [0, 0.05) is 5.56 Å². The molecule has 0 aliphatic heterocycles. The Labute approximate surface area is 84.4 Å². The van der Waals surface area contributed by atoms with Crippen LogP contribution in [0.1, 0.15) is 17.3 Å². The Morgan fingerprint density at radius 3 is 2.64 bits per heavy atom. The van der Waals surface area contributed by atoms with E-state index in [9.17, 15) is 13.6 Å². The van der Waals surface area contributed by atoms with E-state index in [-0.39, 0.29) is 22.1 Å². The van der Waals surface area contributed by atoms with E-state index in [0.717, 1.165) is 0 Å². The van der Waals surface area contributed by atoms with E-state index in [4.69, 9.17) is 11.6 Å². The van der Waals surface area contributed by atoms with Gasteiger partial charge in [-0.2, -0.15) is 8.78 Å². The molecule has 5 heteroatoms. The Kier molecular flexibility index (Phi) is 3.41. The number of benzene rings is 1. The number of carbonyl (C=O) groups is 1. The van der Waals surface area contributed by atoms with Gasteiger partial charge in [0.2, 0.25) is 0 Å². The van der Waals surface area contributed by atoms with Crippen molar-refractivity contribution >= 4 is 17.4 Å². The minimum atomic E-state index is -2.91. The largest absolute Gasteiger partial charge is 0.435 e. The molecule has 1 aromatic carbocycles. The summed E-state index contributed by atoms with van der Waals surface area (Å²) in [5.74, 6) is -0.371. The van der Waals surface area contributed by atoms with Crippen LogP contribution in [0, 0.1) is 0 Å². The highest BCUT2D eigenvalue weighted by Gasteiger charge is 2.09. The lowest BCUT2D eigenvalue weighted by molar-refractivity contribution is -0.0498. The third-order valence-corrected chi connectivity index (χ3v) is 1.87. The SMILES string of the molecule is CC(=O)c1cc(OC(F)F)ccc1Cl. The van der Waals surface area contributed by atoms with Gasteiger partial charge in [0.05, 0.1) is 5.02 Å². The van der Waals surface area contributed by atoms with E-state index in [1.54, 1.807) is 0 Å². The quantitative estimate of drug-likeness (QED) is 0.732. The highest BCUT2D eigenvalue weighted by molar-refractivity contribution is 6.33. The van der Waals surface area contributed by atoms with Crippen molar-refractivity contribution in [2.45, 2.75) is 13.5 Å². The van der Waals surface area contributed by atoms with Crippen LogP contribution in [0.3, 0.4) is 0 Å². The first kappa shape index (κ1) is 10.9. The molecule has 0 atom stereocenters. The van der Waals surface area contributed by atoms with Crippen LogP contribution in [-0.4, -0.2) is 12.4 Å². The van der Waals surface area contributed by atoms with Crippen molar-refractivity contribution < 1.29 is 18.3 Å². The van der Waals surface area contributed by atoms with Gasteiger partial charge >= 0.3 is 6.61 Å². The number of carbonyl (C=O) groups excluding carboxylic acids is 1. The number of alkyl halides is 2. The van der Waals surface area contributed by atoms with Gasteiger partial charge in [-0.1, -0.05) is 11.6 Å². The van der Waals surface area contributed by atoms with E-state index in [1.807, 2.05) is 0 Å². The molecule has 1 aromatic rings. The second-order valence-electron chi connectivity index (χ2n) is 2.58. The van der Waals surface area contributed by atoms with Crippen LogP contribution in [0.4, 0.5) is 8.78 Å². The predicted molar refractivity (Wildman–Crippen MR) is 48.1 cm³/mol. The summed E-state index contributed by atoms with van der Waals surface area (Å²) in [5.41, 5.74) is 0.171. The molecule has 1 rings (SSSR count). The molecule has 0 aliphatic rings. The minimum Gasteiger partial charge on any atom is -0.435 e. The highest BCUT2D eigenvalue weighted by atomic mass is 35.5. The Hall–Kier alpha value is -1.16. The maximum atomic E-state index is 11.8. The smallest absolute Gasteiger partial charge is 0.387 e. The molecular formula is C9H7ClF2O2. The minimum absolute atomic E-state index is 0.0744. The standard InChI is InChI=1S/C9H7ClF2O2/c1-5(13)7-4-6(14-9(11)12)2-3-8(7)10/h2-4,9H,1H3. The predicted octanol–water partition coefficient (Wildman–Crippen LogP) is 3.14. The summed E-state index contributed by atoms with van der Waals surface area (Å²) >= 11 is 5.66. The van der Waals surface area contributed by atoms with Gasteiger partial charge in [-0.25, -0.2) is 0 Å². The molecule has 0 heterocycles. The van der Waals surface area contributed by atoms with Crippen molar-refractivity contribution in [2.75, 3.05) is 0 Å². The summed E-state index contributed by atoms with van der Waals surface area (Å²) in [6.45, 7) is -1.61. The van der Waals surface area contributed by atoms with Gasteiger partial charge in [-0.3, -0.25) is 4.79 Å². The maximum Gasteiger partial charge on any atom is 0.387 e. The molecule has 0 N–H and O–H groups in total. The Morgan fingerprint density at radius 1 is 1.50 bits per heavy atom. The summed E-state index contributed by atoms with van der Waals surface area (Å²) in [6, 6.07) is 3.81. The van der Waals surface area contributed by atoms with Crippen molar-refractivity contribution in [2.24, 2.45) is 0 Å². The van der Waals surface area contributed by atoms with Gasteiger partial charge in [-0.15, -0.1) is 0 Å². The first-order valence-corrected chi connectivity index (χ1v) is 4.14. The highest BCUT2D eigenvalue weighted by Crippen LogP contribution is 2.23. The molecule has 0 aromatic heterocycles. The van der Waals surface area contributed by atoms with Crippen LogP contribution in [0.25, 0.3) is 0 Å². The molecule has 2 nitrogen and oxygen atoms in total. The van der Waals surface area contributed by atoms with E-state index in [0.29, 0.717) is 0 Å². The number of ether oxygens (including phenoxy) is 1. The summed E-state index contributed by atoms with van der Waals surface area (Å²) < 4.78 is 27.7. The van der Waals surface area contributed by atoms with Crippen LogP contribution in [-0.2, 0) is 0 Å². The van der Waals surface area contributed by atoms with Gasteiger partial charge in [0.1, 0.15) is 5.75 Å². The first-order valence-electron chi connectivity index (χ1n) is 3.76. The number of Topliss-reactive ketones (excluding diaryl/α,β-unsaturated/α-hetero) is 1. The molecule has 0 saturated heterocycles. The zero-order valence-corrected chi connectivity index (χ0v) is 8.02. The Balaban J connectivity index is 3.00. The van der Waals surface area contributed by atoms with Crippen LogP contribution in [0.2, 0.25) is 5.02 Å². The van der Waals surface area contributed by atoms with Gasteiger partial charge in [-0.05, 0) is 25.1 Å². The van der Waals surface area contributed by atoms with Gasteiger partial charge in [0.25, 0.3) is 0 Å². The monoisotopic (exact) mass is 220 g/mol. The lowest BCUT2D eigenvalue weighted by Crippen LogP contribution is -2.03. The summed E-state index contributed by atoms with van der Waals surface area (Å²) in [6.07, 6.45) is 0.